The van der Waals surface area contributed by atoms with E-state index < -0.39 is 5.60 Å². The van der Waals surface area contributed by atoms with Crippen LogP contribution in [0, 0.1) is 0 Å². The summed E-state index contributed by atoms with van der Waals surface area (Å²) in [6, 6.07) is 5.49. The Kier molecular flexibility index (Phi) is 5.07. The lowest BCUT2D eigenvalue weighted by molar-refractivity contribution is 0.0216. The van der Waals surface area contributed by atoms with Gasteiger partial charge < -0.3 is 20.5 Å². The number of hydrogen-bond acceptors (Lipinski definition) is 3. The van der Waals surface area contributed by atoms with Crippen molar-refractivity contribution in [3.05, 3.63) is 29.3 Å². The molecule has 3 N–H and O–H groups in total. The Hall–Kier alpha value is -1.75. The second-order valence-electron chi connectivity index (χ2n) is 5.52. The average molecular weight is 292 g/mol. The highest BCUT2D eigenvalue weighted by Gasteiger charge is 2.34. The third-order valence-electron chi connectivity index (χ3n) is 3.93. The smallest absolute Gasteiger partial charge is 0.314 e. The molecule has 0 saturated heterocycles. The highest BCUT2D eigenvalue weighted by atomic mass is 16.5. The number of aliphatic hydroxyl groups is 1. The lowest BCUT2D eigenvalue weighted by Gasteiger charge is -2.34. The zero-order chi connectivity index (χ0) is 15.3. The first-order valence-corrected chi connectivity index (χ1v) is 7.50. The molecule has 0 saturated carbocycles. The predicted molar refractivity (Wildman–Crippen MR) is 81.5 cm³/mol. The number of rotatable bonds is 5. The molecule has 1 aromatic carbocycles. The fourth-order valence-corrected chi connectivity index (χ4v) is 2.77. The van der Waals surface area contributed by atoms with Crippen molar-refractivity contribution in [3.63, 3.8) is 0 Å². The van der Waals surface area contributed by atoms with Crippen molar-refractivity contribution in [1.29, 1.82) is 0 Å². The van der Waals surface area contributed by atoms with Crippen molar-refractivity contribution in [2.24, 2.45) is 0 Å². The molecule has 0 fully saturated rings. The third-order valence-corrected chi connectivity index (χ3v) is 3.93. The number of aryl methyl sites for hydroxylation is 1. The Morgan fingerprint density at radius 3 is 2.95 bits per heavy atom. The molecule has 1 aliphatic carbocycles. The maximum atomic E-state index is 11.6. The molecule has 2 rings (SSSR count). The zero-order valence-electron chi connectivity index (χ0n) is 12.7. The Labute approximate surface area is 125 Å². The maximum absolute atomic E-state index is 11.6. The number of carbonyl (C=O) groups excluding carboxylic acids is 1. The van der Waals surface area contributed by atoms with Crippen LogP contribution in [0.25, 0.3) is 0 Å². The van der Waals surface area contributed by atoms with Gasteiger partial charge in [-0.15, -0.1) is 0 Å². The fourth-order valence-electron chi connectivity index (χ4n) is 2.77. The van der Waals surface area contributed by atoms with E-state index in [0.29, 0.717) is 13.0 Å². The summed E-state index contributed by atoms with van der Waals surface area (Å²) in [4.78, 5) is 11.6. The fraction of sp³-hybridized carbons (Fsp3) is 0.562. The monoisotopic (exact) mass is 292 g/mol. The highest BCUT2D eigenvalue weighted by Crippen LogP contribution is 2.36. The molecule has 0 radical (unpaired) electrons. The van der Waals surface area contributed by atoms with Crippen molar-refractivity contribution in [2.75, 3.05) is 20.2 Å². The molecule has 0 heterocycles. The molecular formula is C16H24N2O3. The van der Waals surface area contributed by atoms with Crippen LogP contribution in [0.5, 0.6) is 5.75 Å². The normalized spacial score (nSPS) is 20.5. The molecule has 0 aliphatic heterocycles. The van der Waals surface area contributed by atoms with Crippen LogP contribution in [0.2, 0.25) is 0 Å². The molecule has 1 atom stereocenters. The van der Waals surface area contributed by atoms with Gasteiger partial charge in [0.05, 0.1) is 13.7 Å². The molecule has 5 heteroatoms. The summed E-state index contributed by atoms with van der Waals surface area (Å²) in [6.45, 7) is 2.86. The number of carbonyl (C=O) groups is 1. The quantitative estimate of drug-likeness (QED) is 0.776. The van der Waals surface area contributed by atoms with Gasteiger partial charge in [-0.3, -0.25) is 0 Å². The number of hydrogen-bond donors (Lipinski definition) is 3. The van der Waals surface area contributed by atoms with Crippen LogP contribution in [-0.4, -0.2) is 31.3 Å². The van der Waals surface area contributed by atoms with Gasteiger partial charge in [0.25, 0.3) is 0 Å². The number of ether oxygens (including phenoxy) is 1. The Balaban J connectivity index is 2.08. The van der Waals surface area contributed by atoms with Crippen molar-refractivity contribution >= 4 is 6.03 Å². The first-order valence-electron chi connectivity index (χ1n) is 7.50. The van der Waals surface area contributed by atoms with Crippen LogP contribution in [0.1, 0.15) is 37.3 Å². The minimum atomic E-state index is -0.997. The summed E-state index contributed by atoms with van der Waals surface area (Å²) in [5.74, 6) is 0.798. The number of benzene rings is 1. The van der Waals surface area contributed by atoms with Gasteiger partial charge in [0.15, 0.2) is 0 Å². The van der Waals surface area contributed by atoms with Crippen molar-refractivity contribution in [1.82, 2.24) is 10.6 Å². The number of methoxy groups -OCH3 is 1. The van der Waals surface area contributed by atoms with Gasteiger partial charge in [-0.1, -0.05) is 13.0 Å². The second kappa shape index (κ2) is 6.80. The standard InChI is InChI=1S/C16H24N2O3/c1-3-9-17-15(19)18-11-16(20)8-4-5-12-10-13(21-2)6-7-14(12)16/h6-7,10,20H,3-5,8-9,11H2,1-2H3,(H2,17,18,19). The number of urea groups is 1. The minimum absolute atomic E-state index is 0.224. The van der Waals surface area contributed by atoms with Crippen molar-refractivity contribution in [3.8, 4) is 5.75 Å². The predicted octanol–water partition coefficient (Wildman–Crippen LogP) is 1.93. The summed E-state index contributed by atoms with van der Waals surface area (Å²) in [5, 5.41) is 16.4. The maximum Gasteiger partial charge on any atom is 0.314 e. The summed E-state index contributed by atoms with van der Waals surface area (Å²) in [5.41, 5.74) is 0.993. The molecule has 116 valence electrons. The first-order chi connectivity index (χ1) is 10.1. The Bertz CT molecular complexity index is 504. The van der Waals surface area contributed by atoms with Crippen LogP contribution in [0.3, 0.4) is 0 Å². The first kappa shape index (κ1) is 15.6. The topological polar surface area (TPSA) is 70.6 Å². The van der Waals surface area contributed by atoms with E-state index in [1.807, 2.05) is 25.1 Å². The van der Waals surface area contributed by atoms with Gasteiger partial charge in [0.1, 0.15) is 11.4 Å². The second-order valence-corrected chi connectivity index (χ2v) is 5.52. The summed E-state index contributed by atoms with van der Waals surface area (Å²) in [6.07, 6.45) is 3.37. The largest absolute Gasteiger partial charge is 0.497 e. The number of fused-ring (bicyclic) bond motifs is 1. The Morgan fingerprint density at radius 1 is 1.43 bits per heavy atom. The molecular weight excluding hydrogens is 268 g/mol. The van der Waals surface area contributed by atoms with Gasteiger partial charge in [0.2, 0.25) is 0 Å². The van der Waals surface area contributed by atoms with E-state index in [0.717, 1.165) is 36.1 Å². The van der Waals surface area contributed by atoms with E-state index in [9.17, 15) is 9.90 Å². The molecule has 1 unspecified atom stereocenters. The van der Waals surface area contributed by atoms with Gasteiger partial charge in [-0.05, 0) is 48.9 Å². The van der Waals surface area contributed by atoms with Gasteiger partial charge in [0, 0.05) is 6.54 Å². The molecule has 0 spiro atoms. The SMILES string of the molecule is CCCNC(=O)NCC1(O)CCCc2cc(OC)ccc21. The molecule has 1 aliphatic rings. The van der Waals surface area contributed by atoms with Crippen LogP contribution >= 0.6 is 0 Å². The molecule has 5 nitrogen and oxygen atoms in total. The molecule has 2 amide bonds. The molecule has 1 aromatic rings. The highest BCUT2D eigenvalue weighted by molar-refractivity contribution is 5.73. The van der Waals surface area contributed by atoms with E-state index in [1.54, 1.807) is 7.11 Å². The molecule has 0 bridgehead atoms. The number of amides is 2. The third kappa shape index (κ3) is 3.67. The van der Waals surface area contributed by atoms with Crippen LogP contribution in [-0.2, 0) is 12.0 Å². The molecule has 0 aromatic heterocycles. The minimum Gasteiger partial charge on any atom is -0.497 e. The number of nitrogens with one attached hydrogen (secondary N) is 2. The summed E-state index contributed by atoms with van der Waals surface area (Å²) in [7, 11) is 1.64. The van der Waals surface area contributed by atoms with Gasteiger partial charge in [-0.2, -0.15) is 0 Å². The summed E-state index contributed by atoms with van der Waals surface area (Å²) < 4.78 is 5.23. The van der Waals surface area contributed by atoms with E-state index in [4.69, 9.17) is 4.74 Å². The van der Waals surface area contributed by atoms with E-state index >= 15 is 0 Å². The van der Waals surface area contributed by atoms with E-state index in [1.165, 1.54) is 0 Å². The summed E-state index contributed by atoms with van der Waals surface area (Å²) >= 11 is 0. The lowest BCUT2D eigenvalue weighted by atomic mass is 9.79. The van der Waals surface area contributed by atoms with Crippen LogP contribution in [0.4, 0.5) is 4.79 Å². The van der Waals surface area contributed by atoms with E-state index in [2.05, 4.69) is 10.6 Å². The van der Waals surface area contributed by atoms with Crippen LogP contribution in [0.15, 0.2) is 18.2 Å². The zero-order valence-corrected chi connectivity index (χ0v) is 12.7. The van der Waals surface area contributed by atoms with Crippen LogP contribution < -0.4 is 15.4 Å². The lowest BCUT2D eigenvalue weighted by Crippen LogP contribution is -2.46. The van der Waals surface area contributed by atoms with Crippen molar-refractivity contribution in [2.45, 2.75) is 38.2 Å². The van der Waals surface area contributed by atoms with Crippen molar-refractivity contribution < 1.29 is 14.6 Å². The molecule has 21 heavy (non-hydrogen) atoms. The van der Waals surface area contributed by atoms with Gasteiger partial charge in [-0.25, -0.2) is 4.79 Å². The average Bonchev–Trinajstić information content (AvgIpc) is 2.51. The van der Waals surface area contributed by atoms with E-state index in [-0.39, 0.29) is 12.6 Å². The van der Waals surface area contributed by atoms with Gasteiger partial charge >= 0.3 is 6.03 Å². The Morgan fingerprint density at radius 2 is 2.24 bits per heavy atom.